The fourth-order valence-electron chi connectivity index (χ4n) is 2.78. The van der Waals surface area contributed by atoms with Crippen LogP contribution in [-0.4, -0.2) is 44.9 Å². The van der Waals surface area contributed by atoms with E-state index < -0.39 is 8.56 Å². The van der Waals surface area contributed by atoms with Gasteiger partial charge in [-0.15, -0.1) is 0 Å². The number of hydrogen-bond acceptors (Lipinski definition) is 4. The SMILES string of the molecule is CCN(CC)O[Si](ON(CC)CC)(c1ccccc1)c1ccccc1. The fourth-order valence-corrected chi connectivity index (χ4v) is 6.07. The normalized spacial score (nSPS) is 12.1. The van der Waals surface area contributed by atoms with Gasteiger partial charge in [0.05, 0.1) is 0 Å². The summed E-state index contributed by atoms with van der Waals surface area (Å²) in [5.74, 6) is 0. The Hall–Kier alpha value is -1.50. The topological polar surface area (TPSA) is 24.9 Å². The van der Waals surface area contributed by atoms with E-state index in [-0.39, 0.29) is 0 Å². The van der Waals surface area contributed by atoms with Crippen molar-refractivity contribution in [1.29, 1.82) is 0 Å². The van der Waals surface area contributed by atoms with E-state index in [0.717, 1.165) is 36.6 Å². The van der Waals surface area contributed by atoms with E-state index in [4.69, 9.17) is 9.05 Å². The first-order valence-electron chi connectivity index (χ1n) is 9.19. The van der Waals surface area contributed by atoms with Crippen LogP contribution in [-0.2, 0) is 9.05 Å². The number of hydroxylamine groups is 4. The summed E-state index contributed by atoms with van der Waals surface area (Å²) in [6.07, 6.45) is 0. The maximum atomic E-state index is 6.65. The molecule has 0 spiro atoms. The molecule has 0 aromatic heterocycles. The van der Waals surface area contributed by atoms with Crippen molar-refractivity contribution in [3.05, 3.63) is 60.7 Å². The minimum Gasteiger partial charge on any atom is -0.299 e. The van der Waals surface area contributed by atoms with Crippen LogP contribution in [0, 0.1) is 0 Å². The predicted molar refractivity (Wildman–Crippen MR) is 106 cm³/mol. The van der Waals surface area contributed by atoms with Gasteiger partial charge in [-0.05, 0) is 0 Å². The van der Waals surface area contributed by atoms with E-state index in [2.05, 4.69) is 76.2 Å². The van der Waals surface area contributed by atoms with Gasteiger partial charge >= 0.3 is 8.56 Å². The minimum absolute atomic E-state index is 0.812. The van der Waals surface area contributed by atoms with E-state index in [1.165, 1.54) is 0 Å². The van der Waals surface area contributed by atoms with Crippen molar-refractivity contribution >= 4 is 18.9 Å². The van der Waals surface area contributed by atoms with Gasteiger partial charge in [-0.25, -0.2) is 0 Å². The van der Waals surface area contributed by atoms with Crippen molar-refractivity contribution in [3.8, 4) is 0 Å². The molecule has 0 radical (unpaired) electrons. The molecule has 0 saturated heterocycles. The maximum absolute atomic E-state index is 6.65. The van der Waals surface area contributed by atoms with Gasteiger partial charge in [-0.1, -0.05) is 88.4 Å². The lowest BCUT2D eigenvalue weighted by molar-refractivity contribution is -0.135. The van der Waals surface area contributed by atoms with Crippen molar-refractivity contribution in [2.45, 2.75) is 27.7 Å². The van der Waals surface area contributed by atoms with Crippen molar-refractivity contribution in [1.82, 2.24) is 10.1 Å². The maximum Gasteiger partial charge on any atom is 0.441 e. The van der Waals surface area contributed by atoms with Crippen molar-refractivity contribution in [3.63, 3.8) is 0 Å². The number of benzene rings is 2. The second kappa shape index (κ2) is 9.84. The molecule has 0 aliphatic rings. The molecule has 25 heavy (non-hydrogen) atoms. The number of rotatable bonds is 10. The second-order valence-electron chi connectivity index (χ2n) is 5.76. The molecule has 0 atom stereocenters. The minimum atomic E-state index is -2.91. The van der Waals surface area contributed by atoms with Gasteiger partial charge in [0.2, 0.25) is 0 Å². The molecule has 0 saturated carbocycles. The van der Waals surface area contributed by atoms with Crippen molar-refractivity contribution < 1.29 is 9.05 Å². The molecule has 4 nitrogen and oxygen atoms in total. The largest absolute Gasteiger partial charge is 0.441 e. The second-order valence-corrected chi connectivity index (χ2v) is 8.51. The van der Waals surface area contributed by atoms with Crippen LogP contribution in [0.2, 0.25) is 0 Å². The highest BCUT2D eigenvalue weighted by Gasteiger charge is 2.46. The Morgan fingerprint density at radius 3 is 1.20 bits per heavy atom. The lowest BCUT2D eigenvalue weighted by Crippen LogP contribution is -2.67. The summed E-state index contributed by atoms with van der Waals surface area (Å²) in [6, 6.07) is 20.7. The van der Waals surface area contributed by atoms with Crippen LogP contribution in [0.5, 0.6) is 0 Å². The molecule has 0 N–H and O–H groups in total. The fraction of sp³-hybridized carbons (Fsp3) is 0.400. The molecule has 0 bridgehead atoms. The molecule has 0 unspecified atom stereocenters. The monoisotopic (exact) mass is 358 g/mol. The van der Waals surface area contributed by atoms with Gasteiger partial charge in [-0.2, -0.15) is 10.1 Å². The number of nitrogens with zero attached hydrogens (tertiary/aromatic N) is 2. The Labute approximate surface area is 153 Å². The van der Waals surface area contributed by atoms with Gasteiger partial charge in [0.1, 0.15) is 0 Å². The van der Waals surface area contributed by atoms with E-state index in [0.29, 0.717) is 0 Å². The zero-order valence-corrected chi connectivity index (χ0v) is 16.8. The molecule has 0 aliphatic carbocycles. The Morgan fingerprint density at radius 2 is 0.920 bits per heavy atom. The van der Waals surface area contributed by atoms with Crippen molar-refractivity contribution in [2.75, 3.05) is 26.2 Å². The van der Waals surface area contributed by atoms with E-state index in [1.54, 1.807) is 0 Å². The Morgan fingerprint density at radius 1 is 0.600 bits per heavy atom. The Balaban J connectivity index is 2.59. The molecule has 2 aromatic rings. The lowest BCUT2D eigenvalue weighted by Gasteiger charge is -2.38. The van der Waals surface area contributed by atoms with Gasteiger partial charge in [0.25, 0.3) is 0 Å². The first kappa shape index (κ1) is 19.8. The first-order valence-corrected chi connectivity index (χ1v) is 11.0. The number of hydrogen-bond donors (Lipinski definition) is 0. The summed E-state index contributed by atoms with van der Waals surface area (Å²) in [5, 5.41) is 6.21. The summed E-state index contributed by atoms with van der Waals surface area (Å²) in [4.78, 5) is 0. The van der Waals surface area contributed by atoms with Gasteiger partial charge in [0.15, 0.2) is 0 Å². The zero-order valence-electron chi connectivity index (χ0n) is 15.8. The van der Waals surface area contributed by atoms with Crippen LogP contribution in [0.15, 0.2) is 60.7 Å². The quantitative estimate of drug-likeness (QED) is 0.482. The summed E-state index contributed by atoms with van der Waals surface area (Å²) >= 11 is 0. The third kappa shape index (κ3) is 4.77. The van der Waals surface area contributed by atoms with E-state index in [9.17, 15) is 0 Å². The third-order valence-electron chi connectivity index (χ3n) is 4.23. The van der Waals surface area contributed by atoms with Crippen LogP contribution < -0.4 is 10.4 Å². The lowest BCUT2D eigenvalue weighted by atomic mass is 10.4. The smallest absolute Gasteiger partial charge is 0.299 e. The summed E-state index contributed by atoms with van der Waals surface area (Å²) < 4.78 is 13.3. The molecule has 0 fully saturated rings. The molecule has 5 heteroatoms. The van der Waals surface area contributed by atoms with E-state index >= 15 is 0 Å². The molecule has 2 rings (SSSR count). The van der Waals surface area contributed by atoms with Crippen LogP contribution in [0.4, 0.5) is 0 Å². The zero-order chi connectivity index (χ0) is 18.1. The molecule has 136 valence electrons. The highest BCUT2D eigenvalue weighted by Crippen LogP contribution is 2.14. The molecular formula is C20H30N2O2Si. The van der Waals surface area contributed by atoms with Gasteiger partial charge in [0, 0.05) is 36.6 Å². The molecule has 0 amide bonds. The van der Waals surface area contributed by atoms with Crippen LogP contribution >= 0.6 is 0 Å². The summed E-state index contributed by atoms with van der Waals surface area (Å²) in [6.45, 7) is 11.7. The highest BCUT2D eigenvalue weighted by molar-refractivity contribution is 6.92. The van der Waals surface area contributed by atoms with E-state index in [1.807, 2.05) is 22.3 Å². The average Bonchev–Trinajstić information content (AvgIpc) is 2.70. The predicted octanol–water partition coefficient (Wildman–Crippen LogP) is 2.79. The highest BCUT2D eigenvalue weighted by atomic mass is 28.4. The third-order valence-corrected chi connectivity index (χ3v) is 7.45. The van der Waals surface area contributed by atoms with Gasteiger partial charge in [-0.3, -0.25) is 9.05 Å². The molecule has 0 aliphatic heterocycles. The molecule has 2 aromatic carbocycles. The van der Waals surface area contributed by atoms with Crippen LogP contribution in [0.3, 0.4) is 0 Å². The Bertz CT molecular complexity index is 546. The summed E-state index contributed by atoms with van der Waals surface area (Å²) in [5.41, 5.74) is 0. The first-order chi connectivity index (χ1) is 12.2. The van der Waals surface area contributed by atoms with Crippen LogP contribution in [0.1, 0.15) is 27.7 Å². The van der Waals surface area contributed by atoms with Gasteiger partial charge < -0.3 is 0 Å². The Kier molecular flexibility index (Phi) is 7.80. The van der Waals surface area contributed by atoms with Crippen molar-refractivity contribution in [2.24, 2.45) is 0 Å². The molecule has 0 heterocycles. The summed E-state index contributed by atoms with van der Waals surface area (Å²) in [7, 11) is -2.91. The average molecular weight is 359 g/mol. The standard InChI is InChI=1S/C20H30N2O2Si/c1-5-21(6-2)23-25(24-22(7-3)8-4,19-15-11-9-12-16-19)20-17-13-10-14-18-20/h9-18H,5-8H2,1-4H3. The van der Waals surface area contributed by atoms with Crippen LogP contribution in [0.25, 0.3) is 0 Å². The molecular weight excluding hydrogens is 328 g/mol.